The molecule has 6 nitrogen and oxygen atoms in total. The molecule has 0 aliphatic carbocycles. The van der Waals surface area contributed by atoms with Gasteiger partial charge in [0.2, 0.25) is 0 Å². The SMILES string of the molecule is Cc1ccc(N2C(=O)NC(=O)/C(=C/c3cc(Br)c(OCc4ccc(Cl)cc4)c(Br)c3)C2=O)cc1Cl. The van der Waals surface area contributed by atoms with Gasteiger partial charge in [-0.15, -0.1) is 0 Å². The highest BCUT2D eigenvalue weighted by Crippen LogP contribution is 2.36. The molecule has 4 rings (SSSR count). The molecule has 1 aliphatic heterocycles. The third kappa shape index (κ3) is 5.62. The maximum Gasteiger partial charge on any atom is 0.335 e. The molecule has 1 aliphatic rings. The zero-order valence-electron chi connectivity index (χ0n) is 18.1. The van der Waals surface area contributed by atoms with Crippen molar-refractivity contribution >= 4 is 84.7 Å². The van der Waals surface area contributed by atoms with Crippen LogP contribution in [-0.2, 0) is 16.2 Å². The van der Waals surface area contributed by atoms with Gasteiger partial charge in [0, 0.05) is 10.0 Å². The predicted molar refractivity (Wildman–Crippen MR) is 143 cm³/mol. The molecule has 0 spiro atoms. The van der Waals surface area contributed by atoms with Gasteiger partial charge in [0.25, 0.3) is 11.8 Å². The van der Waals surface area contributed by atoms with Crippen molar-refractivity contribution in [3.63, 3.8) is 0 Å². The molecule has 35 heavy (non-hydrogen) atoms. The number of hydrogen-bond donors (Lipinski definition) is 1. The smallest absolute Gasteiger partial charge is 0.335 e. The van der Waals surface area contributed by atoms with Crippen molar-refractivity contribution in [1.82, 2.24) is 5.32 Å². The lowest BCUT2D eigenvalue weighted by molar-refractivity contribution is -0.122. The molecule has 3 aromatic carbocycles. The summed E-state index contributed by atoms with van der Waals surface area (Å²) in [6, 6.07) is 14.6. The number of rotatable bonds is 5. The van der Waals surface area contributed by atoms with Crippen molar-refractivity contribution in [3.8, 4) is 5.75 Å². The van der Waals surface area contributed by atoms with E-state index in [4.69, 9.17) is 27.9 Å². The Hall–Kier alpha value is -2.65. The fraction of sp³-hybridized carbons (Fsp3) is 0.0800. The Bertz CT molecular complexity index is 1370. The minimum absolute atomic E-state index is 0.199. The number of carbonyl (C=O) groups excluding carboxylic acids is 3. The summed E-state index contributed by atoms with van der Waals surface area (Å²) in [5.74, 6) is -0.994. The van der Waals surface area contributed by atoms with Gasteiger partial charge in [0.15, 0.2) is 0 Å². The van der Waals surface area contributed by atoms with Crippen LogP contribution in [0.15, 0.2) is 69.1 Å². The first-order valence-corrected chi connectivity index (χ1v) is 12.5. The Balaban J connectivity index is 1.61. The van der Waals surface area contributed by atoms with Crippen LogP contribution in [0.25, 0.3) is 6.08 Å². The average Bonchev–Trinajstić information content (AvgIpc) is 2.79. The number of urea groups is 1. The Morgan fingerprint density at radius 1 is 0.971 bits per heavy atom. The monoisotopic (exact) mass is 636 g/mol. The van der Waals surface area contributed by atoms with Crippen LogP contribution >= 0.6 is 55.1 Å². The van der Waals surface area contributed by atoms with Gasteiger partial charge in [-0.25, -0.2) is 9.69 Å². The number of carbonyl (C=O) groups is 3. The lowest BCUT2D eigenvalue weighted by atomic mass is 10.1. The number of imide groups is 2. The second-order valence-electron chi connectivity index (χ2n) is 7.62. The van der Waals surface area contributed by atoms with Crippen molar-refractivity contribution in [1.29, 1.82) is 0 Å². The number of aryl methyl sites for hydroxylation is 1. The van der Waals surface area contributed by atoms with Crippen LogP contribution in [0.1, 0.15) is 16.7 Å². The van der Waals surface area contributed by atoms with Gasteiger partial charge in [0.1, 0.15) is 17.9 Å². The van der Waals surface area contributed by atoms with Crippen molar-refractivity contribution in [2.24, 2.45) is 0 Å². The van der Waals surface area contributed by atoms with Gasteiger partial charge < -0.3 is 4.74 Å². The van der Waals surface area contributed by atoms with E-state index in [9.17, 15) is 14.4 Å². The molecule has 3 aromatic rings. The lowest BCUT2D eigenvalue weighted by Crippen LogP contribution is -2.54. The number of anilines is 1. The van der Waals surface area contributed by atoms with Crippen molar-refractivity contribution < 1.29 is 19.1 Å². The molecule has 1 heterocycles. The molecule has 1 N–H and O–H groups in total. The predicted octanol–water partition coefficient (Wildman–Crippen LogP) is 7.07. The molecule has 0 saturated carbocycles. The number of amides is 4. The molecule has 0 aromatic heterocycles. The summed E-state index contributed by atoms with van der Waals surface area (Å²) in [5.41, 5.74) is 2.33. The number of benzene rings is 3. The number of barbiturate groups is 1. The normalized spacial score (nSPS) is 14.9. The number of nitrogens with one attached hydrogen (secondary N) is 1. The van der Waals surface area contributed by atoms with E-state index in [1.165, 1.54) is 12.1 Å². The first-order chi connectivity index (χ1) is 16.6. The highest BCUT2D eigenvalue weighted by Gasteiger charge is 2.37. The first kappa shape index (κ1) is 25.4. The molecule has 0 unspecified atom stereocenters. The van der Waals surface area contributed by atoms with Crippen LogP contribution in [0.2, 0.25) is 10.0 Å². The molecule has 0 radical (unpaired) electrons. The average molecular weight is 639 g/mol. The van der Waals surface area contributed by atoms with Crippen LogP contribution < -0.4 is 15.0 Å². The number of halogens is 4. The Morgan fingerprint density at radius 3 is 2.26 bits per heavy atom. The Kier molecular flexibility index (Phi) is 7.66. The maximum absolute atomic E-state index is 13.1. The standard InChI is InChI=1S/C25H16Br2Cl2N2O4/c1-13-2-7-17(11-21(13)29)31-24(33)18(23(32)30-25(31)34)8-15-9-19(26)22(20(27)10-15)35-12-14-3-5-16(28)6-4-14/h2-11H,12H2,1H3,(H,30,32,34)/b18-8-. The molecule has 178 valence electrons. The number of nitrogens with zero attached hydrogens (tertiary/aromatic N) is 1. The van der Waals surface area contributed by atoms with Crippen LogP contribution in [-0.4, -0.2) is 17.8 Å². The molecule has 0 atom stereocenters. The fourth-order valence-electron chi connectivity index (χ4n) is 3.32. The van der Waals surface area contributed by atoms with E-state index in [1.807, 2.05) is 12.1 Å². The minimum Gasteiger partial charge on any atom is -0.487 e. The summed E-state index contributed by atoms with van der Waals surface area (Å²) < 4.78 is 7.13. The summed E-state index contributed by atoms with van der Waals surface area (Å²) in [6.45, 7) is 2.11. The van der Waals surface area contributed by atoms with E-state index in [0.717, 1.165) is 16.0 Å². The van der Waals surface area contributed by atoms with E-state index in [-0.39, 0.29) is 11.3 Å². The Labute approximate surface area is 228 Å². The van der Waals surface area contributed by atoms with E-state index in [0.29, 0.717) is 36.9 Å². The quantitative estimate of drug-likeness (QED) is 0.240. The molecule has 4 amide bonds. The molecule has 1 fully saturated rings. The molecule has 10 heteroatoms. The highest BCUT2D eigenvalue weighted by atomic mass is 79.9. The summed E-state index contributed by atoms with van der Waals surface area (Å²) >= 11 is 19.0. The largest absolute Gasteiger partial charge is 0.487 e. The maximum atomic E-state index is 13.1. The highest BCUT2D eigenvalue weighted by molar-refractivity contribution is 9.11. The molecular weight excluding hydrogens is 623 g/mol. The van der Waals surface area contributed by atoms with Gasteiger partial charge in [-0.3, -0.25) is 14.9 Å². The first-order valence-electron chi connectivity index (χ1n) is 10.2. The van der Waals surface area contributed by atoms with E-state index >= 15 is 0 Å². The molecule has 0 bridgehead atoms. The zero-order chi connectivity index (χ0) is 25.3. The summed E-state index contributed by atoms with van der Waals surface area (Å²) in [5, 5.41) is 3.24. The summed E-state index contributed by atoms with van der Waals surface area (Å²) in [4.78, 5) is 39.0. The van der Waals surface area contributed by atoms with Gasteiger partial charge >= 0.3 is 6.03 Å². The van der Waals surface area contributed by atoms with Gasteiger partial charge in [-0.1, -0.05) is 41.4 Å². The number of ether oxygens (including phenoxy) is 1. The fourth-order valence-corrected chi connectivity index (χ4v) is 5.07. The van der Waals surface area contributed by atoms with E-state index in [2.05, 4.69) is 37.2 Å². The van der Waals surface area contributed by atoms with Gasteiger partial charge in [-0.2, -0.15) is 0 Å². The zero-order valence-corrected chi connectivity index (χ0v) is 22.8. The third-order valence-electron chi connectivity index (χ3n) is 5.14. The third-order valence-corrected chi connectivity index (χ3v) is 6.98. The van der Waals surface area contributed by atoms with Crippen LogP contribution in [0.5, 0.6) is 5.75 Å². The van der Waals surface area contributed by atoms with Crippen molar-refractivity contribution in [2.45, 2.75) is 13.5 Å². The lowest BCUT2D eigenvalue weighted by Gasteiger charge is -2.26. The summed E-state index contributed by atoms with van der Waals surface area (Å²) in [7, 11) is 0. The number of hydrogen-bond acceptors (Lipinski definition) is 4. The van der Waals surface area contributed by atoms with Gasteiger partial charge in [0.05, 0.1) is 14.6 Å². The molecular formula is C25H16Br2Cl2N2O4. The van der Waals surface area contributed by atoms with Crippen LogP contribution in [0, 0.1) is 6.92 Å². The molecule has 1 saturated heterocycles. The Morgan fingerprint density at radius 2 is 1.63 bits per heavy atom. The van der Waals surface area contributed by atoms with Crippen LogP contribution in [0.4, 0.5) is 10.5 Å². The van der Waals surface area contributed by atoms with Crippen molar-refractivity contribution in [2.75, 3.05) is 4.90 Å². The van der Waals surface area contributed by atoms with E-state index < -0.39 is 17.8 Å². The second kappa shape index (κ2) is 10.5. The minimum atomic E-state index is -0.842. The van der Waals surface area contributed by atoms with E-state index in [1.54, 1.807) is 43.3 Å². The van der Waals surface area contributed by atoms with Gasteiger partial charge in [-0.05, 0) is 97.9 Å². The van der Waals surface area contributed by atoms with Crippen molar-refractivity contribution in [3.05, 3.63) is 95.9 Å². The summed E-state index contributed by atoms with van der Waals surface area (Å²) in [6.07, 6.45) is 1.41. The van der Waals surface area contributed by atoms with Crippen LogP contribution in [0.3, 0.4) is 0 Å². The topological polar surface area (TPSA) is 75.7 Å². The second-order valence-corrected chi connectivity index (χ2v) is 10.2.